The minimum atomic E-state index is -1.19. The number of benzene rings is 1. The number of aryl methyl sites for hydroxylation is 1. The van der Waals surface area contributed by atoms with Crippen molar-refractivity contribution in [2.24, 2.45) is 11.8 Å². The number of carbonyl (C=O) groups excluding carboxylic acids is 2. The molecule has 1 amide bonds. The van der Waals surface area contributed by atoms with Crippen molar-refractivity contribution in [1.29, 1.82) is 0 Å². The predicted octanol–water partition coefficient (Wildman–Crippen LogP) is 2.47. The fraction of sp³-hybridized carbons (Fsp3) is 0.350. The van der Waals surface area contributed by atoms with Crippen molar-refractivity contribution in [2.75, 3.05) is 5.32 Å². The van der Waals surface area contributed by atoms with E-state index in [9.17, 15) is 14.7 Å². The summed E-state index contributed by atoms with van der Waals surface area (Å²) < 4.78 is 1.81. The largest absolute Gasteiger partial charge is 0.550 e. The highest BCUT2D eigenvalue weighted by atomic mass is 35.5. The highest BCUT2D eigenvalue weighted by Crippen LogP contribution is 2.28. The first-order valence-electron chi connectivity index (χ1n) is 8.82. The lowest BCUT2D eigenvalue weighted by Crippen LogP contribution is -2.41. The second-order valence-electron chi connectivity index (χ2n) is 6.79. The van der Waals surface area contributed by atoms with Gasteiger partial charge in [0.15, 0.2) is 0 Å². The number of carboxylic acid groups (broad SMARTS) is 1. The summed E-state index contributed by atoms with van der Waals surface area (Å²) in [6.45, 7) is 4.24. The van der Waals surface area contributed by atoms with Gasteiger partial charge in [-0.25, -0.2) is 0 Å². The number of hydrogen-bond donors (Lipinski definition) is 1. The van der Waals surface area contributed by atoms with Gasteiger partial charge in [0, 0.05) is 16.9 Å². The van der Waals surface area contributed by atoms with Crippen LogP contribution < -0.4 is 10.4 Å². The van der Waals surface area contributed by atoms with Gasteiger partial charge in [-0.2, -0.15) is 5.10 Å². The number of rotatable bonds is 5. The van der Waals surface area contributed by atoms with Gasteiger partial charge in [0.2, 0.25) is 5.91 Å². The number of nitrogens with zero attached hydrogens (tertiary/aromatic N) is 2. The summed E-state index contributed by atoms with van der Waals surface area (Å²) in [4.78, 5) is 24.0. The quantitative estimate of drug-likeness (QED) is 0.799. The zero-order chi connectivity index (χ0) is 19.6. The van der Waals surface area contributed by atoms with Gasteiger partial charge in [0.05, 0.1) is 29.5 Å². The summed E-state index contributed by atoms with van der Waals surface area (Å²) >= 11 is 5.92. The molecule has 1 heterocycles. The molecule has 142 valence electrons. The van der Waals surface area contributed by atoms with Crippen LogP contribution in [0.4, 0.5) is 5.69 Å². The zero-order valence-corrected chi connectivity index (χ0v) is 16.0. The van der Waals surface area contributed by atoms with Crippen LogP contribution in [0, 0.1) is 25.7 Å². The van der Waals surface area contributed by atoms with E-state index in [1.54, 1.807) is 6.08 Å². The van der Waals surface area contributed by atoms with Crippen molar-refractivity contribution < 1.29 is 14.7 Å². The molecule has 2 atom stereocenters. The molecule has 6 nitrogen and oxygen atoms in total. The molecule has 0 radical (unpaired) electrons. The summed E-state index contributed by atoms with van der Waals surface area (Å²) in [5, 5.41) is 19.4. The molecule has 0 spiro atoms. The normalized spacial score (nSPS) is 19.1. The van der Waals surface area contributed by atoms with Gasteiger partial charge in [-0.15, -0.1) is 0 Å². The Labute approximate surface area is 162 Å². The number of aliphatic carboxylic acids is 1. The summed E-state index contributed by atoms with van der Waals surface area (Å²) in [6, 6.07) is 7.50. The number of allylic oxidation sites excluding steroid dienone is 2. The molecule has 1 aromatic heterocycles. The number of carbonyl (C=O) groups is 2. The fourth-order valence-corrected chi connectivity index (χ4v) is 3.50. The topological polar surface area (TPSA) is 87.0 Å². The Balaban J connectivity index is 1.78. The third kappa shape index (κ3) is 4.22. The van der Waals surface area contributed by atoms with Gasteiger partial charge >= 0.3 is 0 Å². The average molecular weight is 387 g/mol. The minimum Gasteiger partial charge on any atom is -0.550 e. The van der Waals surface area contributed by atoms with Crippen LogP contribution in [0.3, 0.4) is 0 Å². The Morgan fingerprint density at radius 3 is 2.44 bits per heavy atom. The number of carboxylic acids is 1. The molecule has 3 rings (SSSR count). The summed E-state index contributed by atoms with van der Waals surface area (Å²) in [7, 11) is 0. The van der Waals surface area contributed by atoms with Crippen LogP contribution in [0.15, 0.2) is 36.4 Å². The van der Waals surface area contributed by atoms with E-state index in [1.165, 1.54) is 0 Å². The molecule has 1 aromatic carbocycles. The van der Waals surface area contributed by atoms with Gasteiger partial charge in [-0.1, -0.05) is 35.9 Å². The van der Waals surface area contributed by atoms with Crippen molar-refractivity contribution in [1.82, 2.24) is 9.78 Å². The third-order valence-electron chi connectivity index (χ3n) is 4.95. The molecule has 0 bridgehead atoms. The van der Waals surface area contributed by atoms with E-state index >= 15 is 0 Å². The lowest BCUT2D eigenvalue weighted by molar-refractivity contribution is -0.313. The maximum Gasteiger partial charge on any atom is 0.228 e. The Bertz CT molecular complexity index is 887. The number of amides is 1. The molecular weight excluding hydrogens is 366 g/mol. The van der Waals surface area contributed by atoms with Crippen molar-refractivity contribution >= 4 is 29.2 Å². The van der Waals surface area contributed by atoms with Gasteiger partial charge in [0.1, 0.15) is 0 Å². The number of halogens is 1. The summed E-state index contributed by atoms with van der Waals surface area (Å²) in [5.74, 6) is -2.95. The molecule has 1 N–H and O–H groups in total. The Kier molecular flexibility index (Phi) is 5.65. The van der Waals surface area contributed by atoms with Crippen molar-refractivity contribution in [3.8, 4) is 0 Å². The van der Waals surface area contributed by atoms with Crippen LogP contribution in [0.5, 0.6) is 0 Å². The van der Waals surface area contributed by atoms with Crippen LogP contribution in [-0.4, -0.2) is 21.7 Å². The predicted molar refractivity (Wildman–Crippen MR) is 101 cm³/mol. The van der Waals surface area contributed by atoms with E-state index in [-0.39, 0.29) is 5.91 Å². The molecule has 7 heteroatoms. The van der Waals surface area contributed by atoms with E-state index in [4.69, 9.17) is 11.6 Å². The maximum atomic E-state index is 12.7. The van der Waals surface area contributed by atoms with Crippen molar-refractivity contribution in [2.45, 2.75) is 33.2 Å². The Morgan fingerprint density at radius 1 is 1.19 bits per heavy atom. The Morgan fingerprint density at radius 2 is 1.81 bits per heavy atom. The molecular formula is C20H21ClN3O3-. The number of anilines is 1. The molecule has 2 aromatic rings. The van der Waals surface area contributed by atoms with E-state index in [0.29, 0.717) is 35.8 Å². The van der Waals surface area contributed by atoms with Gasteiger partial charge in [-0.3, -0.25) is 9.48 Å². The molecule has 27 heavy (non-hydrogen) atoms. The highest BCUT2D eigenvalue weighted by molar-refractivity contribution is 6.30. The third-order valence-corrected chi connectivity index (χ3v) is 5.20. The average Bonchev–Trinajstić information content (AvgIpc) is 2.91. The first-order valence-corrected chi connectivity index (χ1v) is 9.19. The standard InChI is InChI=1S/C20H22ClN3O3/c1-12-18(22-19(25)16-5-3-4-6-17(16)20(26)27)13(2)24(23-12)11-14-7-9-15(21)10-8-14/h3-4,7-10,16-17H,5-6,11H2,1-2H3,(H,22,25)(H,26,27)/p-1/t16-,17+/m0/s1. The van der Waals surface area contributed by atoms with E-state index in [0.717, 1.165) is 11.3 Å². The van der Waals surface area contributed by atoms with Crippen molar-refractivity contribution in [3.63, 3.8) is 0 Å². The molecule has 0 aliphatic heterocycles. The van der Waals surface area contributed by atoms with Gasteiger partial charge in [-0.05, 0) is 44.4 Å². The summed E-state index contributed by atoms with van der Waals surface area (Å²) in [5.41, 5.74) is 3.16. The second kappa shape index (κ2) is 7.96. The zero-order valence-electron chi connectivity index (χ0n) is 15.2. The molecule has 0 saturated heterocycles. The minimum absolute atomic E-state index is 0.314. The number of aromatic nitrogens is 2. The van der Waals surface area contributed by atoms with Crippen LogP contribution >= 0.6 is 11.6 Å². The van der Waals surface area contributed by atoms with Crippen molar-refractivity contribution in [3.05, 3.63) is 58.4 Å². The number of nitrogens with one attached hydrogen (secondary N) is 1. The number of hydrogen-bond acceptors (Lipinski definition) is 4. The highest BCUT2D eigenvalue weighted by Gasteiger charge is 2.30. The lowest BCUT2D eigenvalue weighted by atomic mass is 9.82. The lowest BCUT2D eigenvalue weighted by Gasteiger charge is -2.28. The van der Waals surface area contributed by atoms with E-state index in [2.05, 4.69) is 10.4 Å². The fourth-order valence-electron chi connectivity index (χ4n) is 3.37. The molecule has 0 unspecified atom stereocenters. The van der Waals surface area contributed by atoms with E-state index < -0.39 is 17.8 Å². The first-order chi connectivity index (χ1) is 12.9. The second-order valence-corrected chi connectivity index (χ2v) is 7.23. The molecule has 1 aliphatic carbocycles. The van der Waals surface area contributed by atoms with Gasteiger partial charge in [0.25, 0.3) is 0 Å². The van der Waals surface area contributed by atoms with Crippen LogP contribution in [0.2, 0.25) is 5.02 Å². The maximum absolute atomic E-state index is 12.7. The van der Waals surface area contributed by atoms with Gasteiger partial charge < -0.3 is 15.2 Å². The van der Waals surface area contributed by atoms with Crippen LogP contribution in [0.25, 0.3) is 0 Å². The molecule has 1 aliphatic rings. The first kappa shape index (κ1) is 19.2. The van der Waals surface area contributed by atoms with Crippen LogP contribution in [-0.2, 0) is 16.1 Å². The van der Waals surface area contributed by atoms with E-state index in [1.807, 2.05) is 48.9 Å². The monoisotopic (exact) mass is 386 g/mol. The van der Waals surface area contributed by atoms with Crippen LogP contribution in [0.1, 0.15) is 29.8 Å². The Hall–Kier alpha value is -2.60. The summed E-state index contributed by atoms with van der Waals surface area (Å²) in [6.07, 6.45) is 4.33. The molecule has 0 saturated carbocycles. The smallest absolute Gasteiger partial charge is 0.228 e. The SMILES string of the molecule is Cc1nn(Cc2ccc(Cl)cc2)c(C)c1NC(=O)[C@H]1CC=CC[C@H]1C(=O)[O-]. The molecule has 0 fully saturated rings.